The summed E-state index contributed by atoms with van der Waals surface area (Å²) in [6.07, 6.45) is 4.34. The molecule has 1 aliphatic rings. The molecule has 0 bridgehead atoms. The molecule has 3 aromatic heterocycles. The third-order valence-corrected chi connectivity index (χ3v) is 4.96. The van der Waals surface area contributed by atoms with E-state index in [0.717, 1.165) is 52.6 Å². The van der Waals surface area contributed by atoms with Crippen molar-refractivity contribution in [1.29, 1.82) is 0 Å². The predicted octanol–water partition coefficient (Wildman–Crippen LogP) is 3.20. The molecule has 0 aliphatic carbocycles. The quantitative estimate of drug-likeness (QED) is 0.746. The number of pyridine rings is 2. The first-order valence-electron chi connectivity index (χ1n) is 8.79. The number of halogens is 1. The van der Waals surface area contributed by atoms with Crippen LogP contribution in [0.3, 0.4) is 0 Å². The highest BCUT2D eigenvalue weighted by atomic mass is 35.5. The van der Waals surface area contributed by atoms with Crippen molar-refractivity contribution in [3.05, 3.63) is 52.1 Å². The topological polar surface area (TPSA) is 79.7 Å². The Balaban J connectivity index is 1.67. The van der Waals surface area contributed by atoms with Crippen molar-refractivity contribution in [2.45, 2.75) is 26.8 Å². The van der Waals surface area contributed by atoms with E-state index in [9.17, 15) is 0 Å². The average Bonchev–Trinajstić information content (AvgIpc) is 2.68. The Morgan fingerprint density at radius 1 is 1.07 bits per heavy atom. The largest absolute Gasteiger partial charge is 0.356 e. The van der Waals surface area contributed by atoms with Gasteiger partial charge in [0.2, 0.25) is 5.95 Å². The number of anilines is 2. The molecule has 138 valence electrons. The summed E-state index contributed by atoms with van der Waals surface area (Å²) < 4.78 is 0. The molecule has 0 radical (unpaired) electrons. The number of hydrogen-bond acceptors (Lipinski definition) is 7. The molecule has 27 heavy (non-hydrogen) atoms. The lowest BCUT2D eigenvalue weighted by atomic mass is 10.1. The molecule has 0 fully saturated rings. The first kappa shape index (κ1) is 17.6. The van der Waals surface area contributed by atoms with Crippen molar-refractivity contribution in [2.24, 2.45) is 0 Å². The Hall–Kier alpha value is -2.80. The summed E-state index contributed by atoms with van der Waals surface area (Å²) >= 11 is 6.44. The van der Waals surface area contributed by atoms with E-state index in [1.54, 1.807) is 13.2 Å². The SMILES string of the molecule is CNc1nnc2c(n1)CCN(c1cc(-c3ncc(C)cc3C)c(Cl)cn1)C2. The maximum absolute atomic E-state index is 6.44. The highest BCUT2D eigenvalue weighted by Gasteiger charge is 2.22. The van der Waals surface area contributed by atoms with Gasteiger partial charge in [-0.2, -0.15) is 0 Å². The minimum atomic E-state index is 0.551. The van der Waals surface area contributed by atoms with Crippen LogP contribution >= 0.6 is 11.6 Å². The lowest BCUT2D eigenvalue weighted by molar-refractivity contribution is 0.663. The zero-order chi connectivity index (χ0) is 19.0. The molecule has 0 unspecified atom stereocenters. The van der Waals surface area contributed by atoms with Crippen molar-refractivity contribution >= 4 is 23.4 Å². The number of nitrogens with zero attached hydrogens (tertiary/aromatic N) is 6. The molecule has 0 saturated heterocycles. The van der Waals surface area contributed by atoms with Crippen molar-refractivity contribution in [1.82, 2.24) is 25.1 Å². The van der Waals surface area contributed by atoms with Crippen LogP contribution in [0.25, 0.3) is 11.3 Å². The van der Waals surface area contributed by atoms with Crippen LogP contribution in [0.1, 0.15) is 22.5 Å². The molecule has 7 nitrogen and oxygen atoms in total. The van der Waals surface area contributed by atoms with Gasteiger partial charge in [-0.1, -0.05) is 17.7 Å². The van der Waals surface area contributed by atoms with Gasteiger partial charge in [0.1, 0.15) is 11.5 Å². The maximum Gasteiger partial charge on any atom is 0.242 e. The molecule has 3 aromatic rings. The Morgan fingerprint density at radius 2 is 1.93 bits per heavy atom. The Labute approximate surface area is 162 Å². The van der Waals surface area contributed by atoms with Crippen molar-refractivity contribution in [3.8, 4) is 11.3 Å². The van der Waals surface area contributed by atoms with E-state index in [2.05, 4.69) is 41.4 Å². The molecule has 0 spiro atoms. The molecule has 0 saturated carbocycles. The molecule has 0 atom stereocenters. The summed E-state index contributed by atoms with van der Waals surface area (Å²) in [5, 5.41) is 11.9. The summed E-state index contributed by atoms with van der Waals surface area (Å²) in [7, 11) is 1.79. The standard InChI is InChI=1S/C19H20ClN7/c1-11-6-12(2)18(23-8-11)13-7-17(22-9-14(13)20)27-5-4-15-16(10-27)25-26-19(21-3)24-15/h6-9H,4-5,10H2,1-3H3,(H,21,24,26). The van der Waals surface area contributed by atoms with E-state index in [1.807, 2.05) is 26.1 Å². The molecule has 1 N–H and O–H groups in total. The van der Waals surface area contributed by atoms with Crippen molar-refractivity contribution in [2.75, 3.05) is 23.8 Å². The molecule has 0 aromatic carbocycles. The minimum Gasteiger partial charge on any atom is -0.356 e. The third-order valence-electron chi connectivity index (χ3n) is 4.66. The normalized spacial score (nSPS) is 13.4. The van der Waals surface area contributed by atoms with Crippen LogP contribution in [-0.4, -0.2) is 38.7 Å². The van der Waals surface area contributed by atoms with Crippen LogP contribution < -0.4 is 10.2 Å². The highest BCUT2D eigenvalue weighted by molar-refractivity contribution is 6.33. The van der Waals surface area contributed by atoms with E-state index >= 15 is 0 Å². The average molecular weight is 382 g/mol. The van der Waals surface area contributed by atoms with Gasteiger partial charge in [0.25, 0.3) is 0 Å². The molecule has 1 aliphatic heterocycles. The molecule has 8 heteroatoms. The maximum atomic E-state index is 6.44. The second-order valence-electron chi connectivity index (χ2n) is 6.65. The van der Waals surface area contributed by atoms with E-state index in [1.165, 1.54) is 0 Å². The number of rotatable bonds is 3. The van der Waals surface area contributed by atoms with Gasteiger partial charge in [-0.15, -0.1) is 10.2 Å². The monoisotopic (exact) mass is 381 g/mol. The van der Waals surface area contributed by atoms with Crippen LogP contribution in [0.4, 0.5) is 11.8 Å². The van der Waals surface area contributed by atoms with Gasteiger partial charge < -0.3 is 10.2 Å². The Kier molecular flexibility index (Phi) is 4.61. The molecule has 0 amide bonds. The fraction of sp³-hybridized carbons (Fsp3) is 0.316. The summed E-state index contributed by atoms with van der Waals surface area (Å²) in [6.45, 7) is 5.50. The third kappa shape index (κ3) is 3.42. The van der Waals surface area contributed by atoms with Gasteiger partial charge in [0.05, 0.1) is 23.0 Å². The second-order valence-corrected chi connectivity index (χ2v) is 7.06. The van der Waals surface area contributed by atoms with Crippen LogP contribution in [0, 0.1) is 13.8 Å². The zero-order valence-corrected chi connectivity index (χ0v) is 16.2. The lowest BCUT2D eigenvalue weighted by Crippen LogP contribution is -2.32. The summed E-state index contributed by atoms with van der Waals surface area (Å²) in [5.41, 5.74) is 5.85. The van der Waals surface area contributed by atoms with E-state index < -0.39 is 0 Å². The van der Waals surface area contributed by atoms with Gasteiger partial charge in [-0.25, -0.2) is 9.97 Å². The van der Waals surface area contributed by atoms with Gasteiger partial charge in [-0.3, -0.25) is 4.98 Å². The summed E-state index contributed by atoms with van der Waals surface area (Å²) in [5.74, 6) is 1.40. The molecule has 4 rings (SSSR count). The number of nitrogens with one attached hydrogen (secondary N) is 1. The van der Waals surface area contributed by atoms with Gasteiger partial charge in [-0.05, 0) is 31.0 Å². The fourth-order valence-electron chi connectivity index (χ4n) is 3.28. The van der Waals surface area contributed by atoms with E-state index in [0.29, 0.717) is 17.5 Å². The lowest BCUT2D eigenvalue weighted by Gasteiger charge is -2.28. The number of hydrogen-bond donors (Lipinski definition) is 1. The Bertz CT molecular complexity index is 1010. The van der Waals surface area contributed by atoms with Gasteiger partial charge in [0.15, 0.2) is 0 Å². The number of fused-ring (bicyclic) bond motifs is 1. The summed E-state index contributed by atoms with van der Waals surface area (Å²) in [6, 6.07) is 4.11. The van der Waals surface area contributed by atoms with Crippen LogP contribution in [0.15, 0.2) is 24.5 Å². The molecule has 4 heterocycles. The molecular formula is C19H20ClN7. The van der Waals surface area contributed by atoms with Crippen LogP contribution in [0.2, 0.25) is 5.02 Å². The number of aryl methyl sites for hydroxylation is 2. The summed E-state index contributed by atoms with van der Waals surface area (Å²) in [4.78, 5) is 15.8. The first-order chi connectivity index (χ1) is 13.0. The first-order valence-corrected chi connectivity index (χ1v) is 9.17. The van der Waals surface area contributed by atoms with Crippen molar-refractivity contribution in [3.63, 3.8) is 0 Å². The second kappa shape index (κ2) is 7.08. The van der Waals surface area contributed by atoms with Crippen LogP contribution in [-0.2, 0) is 13.0 Å². The van der Waals surface area contributed by atoms with Crippen molar-refractivity contribution < 1.29 is 0 Å². The highest BCUT2D eigenvalue weighted by Crippen LogP contribution is 2.32. The fourth-order valence-corrected chi connectivity index (χ4v) is 3.48. The van der Waals surface area contributed by atoms with E-state index in [-0.39, 0.29) is 0 Å². The zero-order valence-electron chi connectivity index (χ0n) is 15.5. The smallest absolute Gasteiger partial charge is 0.242 e. The molecular weight excluding hydrogens is 362 g/mol. The van der Waals surface area contributed by atoms with E-state index in [4.69, 9.17) is 11.6 Å². The number of aromatic nitrogens is 5. The van der Waals surface area contributed by atoms with Gasteiger partial charge >= 0.3 is 0 Å². The minimum absolute atomic E-state index is 0.551. The Morgan fingerprint density at radius 3 is 2.70 bits per heavy atom. The van der Waals surface area contributed by atoms with Gasteiger partial charge in [0, 0.05) is 38.0 Å². The van der Waals surface area contributed by atoms with Crippen LogP contribution in [0.5, 0.6) is 0 Å². The predicted molar refractivity (Wildman–Crippen MR) is 106 cm³/mol.